The van der Waals surface area contributed by atoms with Gasteiger partial charge in [0.2, 0.25) is 5.95 Å². The molecule has 0 aliphatic carbocycles. The highest BCUT2D eigenvalue weighted by Crippen LogP contribution is 2.29. The Morgan fingerprint density at radius 2 is 1.71 bits per heavy atom. The van der Waals surface area contributed by atoms with E-state index in [1.807, 2.05) is 35.2 Å². The summed E-state index contributed by atoms with van der Waals surface area (Å²) in [5.41, 5.74) is 1.85. The average Bonchev–Trinajstić information content (AvgIpc) is 2.84. The van der Waals surface area contributed by atoms with E-state index in [4.69, 9.17) is 4.74 Å². The number of phenolic OH excluding ortho intramolecular Hbond substituents is 1. The van der Waals surface area contributed by atoms with Crippen LogP contribution in [0.25, 0.3) is 11.6 Å². The fourth-order valence-corrected chi connectivity index (χ4v) is 3.55. The summed E-state index contributed by atoms with van der Waals surface area (Å²) in [7, 11) is 1.57. The number of rotatable bonds is 5. The van der Waals surface area contributed by atoms with Crippen molar-refractivity contribution in [2.24, 2.45) is 0 Å². The van der Waals surface area contributed by atoms with Gasteiger partial charge in [0.05, 0.1) is 7.11 Å². The molecule has 0 saturated carbocycles. The summed E-state index contributed by atoms with van der Waals surface area (Å²) in [6.45, 7) is 2.43. The zero-order chi connectivity index (χ0) is 21.6. The highest BCUT2D eigenvalue weighted by atomic mass is 16.5. The van der Waals surface area contributed by atoms with Gasteiger partial charge in [0.1, 0.15) is 11.5 Å². The Hall–Kier alpha value is -3.87. The van der Waals surface area contributed by atoms with Crippen LogP contribution in [-0.2, 0) is 4.79 Å². The molecule has 1 fully saturated rings. The molecular weight excluding hydrogens is 392 g/mol. The second-order valence-corrected chi connectivity index (χ2v) is 7.18. The normalized spacial score (nSPS) is 14.4. The Labute approximate surface area is 181 Å². The average molecular weight is 416 g/mol. The number of aromatic hydroxyl groups is 1. The Morgan fingerprint density at radius 1 is 1.00 bits per heavy atom. The number of aromatic nitrogens is 2. The number of anilines is 1. The molecule has 1 N–H and O–H groups in total. The lowest BCUT2D eigenvalue weighted by atomic mass is 10.0. The van der Waals surface area contributed by atoms with Crippen molar-refractivity contribution in [3.63, 3.8) is 0 Å². The third kappa shape index (κ3) is 4.66. The van der Waals surface area contributed by atoms with Gasteiger partial charge < -0.3 is 19.6 Å². The molecule has 7 heteroatoms. The zero-order valence-corrected chi connectivity index (χ0v) is 17.3. The predicted octanol–water partition coefficient (Wildman–Crippen LogP) is 3.08. The molecule has 3 aromatic rings. The lowest BCUT2D eigenvalue weighted by Gasteiger charge is -2.35. The number of methoxy groups -OCH3 is 1. The van der Waals surface area contributed by atoms with Gasteiger partial charge >= 0.3 is 0 Å². The minimum Gasteiger partial charge on any atom is -0.507 e. The van der Waals surface area contributed by atoms with E-state index >= 15 is 0 Å². The second-order valence-electron chi connectivity index (χ2n) is 7.18. The Kier molecular flexibility index (Phi) is 6.12. The van der Waals surface area contributed by atoms with Crippen molar-refractivity contribution >= 4 is 23.5 Å². The van der Waals surface area contributed by atoms with Gasteiger partial charge in [-0.15, -0.1) is 0 Å². The monoisotopic (exact) mass is 416 g/mol. The minimum absolute atomic E-state index is 0.0814. The van der Waals surface area contributed by atoms with Crippen LogP contribution in [0.2, 0.25) is 0 Å². The van der Waals surface area contributed by atoms with Crippen molar-refractivity contribution < 1.29 is 14.6 Å². The maximum atomic E-state index is 13.5. The van der Waals surface area contributed by atoms with Gasteiger partial charge in [-0.2, -0.15) is 0 Å². The van der Waals surface area contributed by atoms with E-state index < -0.39 is 0 Å². The first-order valence-electron chi connectivity index (χ1n) is 10.1. The van der Waals surface area contributed by atoms with Crippen LogP contribution in [-0.4, -0.2) is 59.2 Å². The van der Waals surface area contributed by atoms with Crippen molar-refractivity contribution in [3.05, 3.63) is 78.1 Å². The SMILES string of the molecule is COc1ccc(O)c(/C=C(/C(=O)N2CCN(c3ncccn3)CC2)c2ccccc2)c1. The summed E-state index contributed by atoms with van der Waals surface area (Å²) >= 11 is 0. The molecule has 1 aliphatic rings. The number of ether oxygens (including phenoxy) is 1. The fourth-order valence-electron chi connectivity index (χ4n) is 3.55. The molecule has 0 bridgehead atoms. The van der Waals surface area contributed by atoms with Gasteiger partial charge in [0.25, 0.3) is 5.91 Å². The van der Waals surface area contributed by atoms with Crippen molar-refractivity contribution in [1.29, 1.82) is 0 Å². The van der Waals surface area contributed by atoms with Crippen LogP contribution in [0.5, 0.6) is 11.5 Å². The van der Waals surface area contributed by atoms with Crippen molar-refractivity contribution in [2.45, 2.75) is 0 Å². The van der Waals surface area contributed by atoms with Crippen LogP contribution in [0.3, 0.4) is 0 Å². The quantitative estimate of drug-likeness (QED) is 0.509. The maximum Gasteiger partial charge on any atom is 0.254 e. The molecule has 7 nitrogen and oxygen atoms in total. The first-order chi connectivity index (χ1) is 15.2. The van der Waals surface area contributed by atoms with Crippen molar-refractivity contribution in [3.8, 4) is 11.5 Å². The van der Waals surface area contributed by atoms with Crippen LogP contribution in [0.4, 0.5) is 5.95 Å². The molecule has 1 aliphatic heterocycles. The molecule has 0 spiro atoms. The largest absolute Gasteiger partial charge is 0.507 e. The predicted molar refractivity (Wildman–Crippen MR) is 120 cm³/mol. The van der Waals surface area contributed by atoms with E-state index in [1.165, 1.54) is 0 Å². The van der Waals surface area contributed by atoms with Crippen molar-refractivity contribution in [2.75, 3.05) is 38.2 Å². The molecule has 2 aromatic carbocycles. The van der Waals surface area contributed by atoms with Crippen LogP contribution < -0.4 is 9.64 Å². The summed E-state index contributed by atoms with van der Waals surface area (Å²) in [6, 6.07) is 16.2. The van der Waals surface area contributed by atoms with Gasteiger partial charge in [0.15, 0.2) is 0 Å². The Morgan fingerprint density at radius 3 is 2.39 bits per heavy atom. The summed E-state index contributed by atoms with van der Waals surface area (Å²) in [5, 5.41) is 10.3. The molecule has 4 rings (SSSR count). The van der Waals surface area contributed by atoms with Crippen LogP contribution in [0.1, 0.15) is 11.1 Å². The number of carbonyl (C=O) groups is 1. The standard InChI is InChI=1S/C24H24N4O3/c1-31-20-8-9-22(29)19(16-20)17-21(18-6-3-2-4-7-18)23(30)27-12-14-28(15-13-27)24-25-10-5-11-26-24/h2-11,16-17,29H,12-15H2,1H3/b21-17+. The number of hydrogen-bond acceptors (Lipinski definition) is 6. The molecule has 1 saturated heterocycles. The topological polar surface area (TPSA) is 78.8 Å². The van der Waals surface area contributed by atoms with E-state index in [2.05, 4.69) is 14.9 Å². The summed E-state index contributed by atoms with van der Waals surface area (Å²) in [4.78, 5) is 26.0. The van der Waals surface area contributed by atoms with E-state index in [-0.39, 0.29) is 11.7 Å². The number of amides is 1. The minimum atomic E-state index is -0.0814. The molecule has 31 heavy (non-hydrogen) atoms. The lowest BCUT2D eigenvalue weighted by Crippen LogP contribution is -2.49. The van der Waals surface area contributed by atoms with E-state index in [0.29, 0.717) is 49.0 Å². The highest BCUT2D eigenvalue weighted by Gasteiger charge is 2.25. The van der Waals surface area contributed by atoms with Crippen molar-refractivity contribution in [1.82, 2.24) is 14.9 Å². The highest BCUT2D eigenvalue weighted by molar-refractivity contribution is 6.24. The lowest BCUT2D eigenvalue weighted by molar-refractivity contribution is -0.125. The molecule has 0 unspecified atom stereocenters. The molecule has 1 aromatic heterocycles. The van der Waals surface area contributed by atoms with Crippen LogP contribution >= 0.6 is 0 Å². The van der Waals surface area contributed by atoms with Gasteiger partial charge in [-0.25, -0.2) is 9.97 Å². The molecule has 0 atom stereocenters. The zero-order valence-electron chi connectivity index (χ0n) is 17.3. The first-order valence-corrected chi connectivity index (χ1v) is 10.1. The summed E-state index contributed by atoms with van der Waals surface area (Å²) in [5.74, 6) is 1.30. The number of carbonyl (C=O) groups excluding carboxylic acids is 1. The van der Waals surface area contributed by atoms with E-state index in [1.54, 1.807) is 49.8 Å². The number of phenols is 1. The molecule has 0 radical (unpaired) electrons. The van der Waals surface area contributed by atoms with Gasteiger partial charge in [-0.05, 0) is 35.9 Å². The molecular formula is C24H24N4O3. The van der Waals surface area contributed by atoms with Gasteiger partial charge in [0, 0.05) is 49.7 Å². The number of benzene rings is 2. The molecule has 158 valence electrons. The number of nitrogens with zero attached hydrogens (tertiary/aromatic N) is 4. The summed E-state index contributed by atoms with van der Waals surface area (Å²) in [6.07, 6.45) is 5.16. The third-order valence-electron chi connectivity index (χ3n) is 5.25. The first kappa shape index (κ1) is 20.4. The Balaban J connectivity index is 1.60. The number of piperazine rings is 1. The third-order valence-corrected chi connectivity index (χ3v) is 5.25. The second kappa shape index (κ2) is 9.30. The molecule has 2 heterocycles. The van der Waals surface area contributed by atoms with E-state index in [0.717, 1.165) is 5.56 Å². The molecule has 1 amide bonds. The number of hydrogen-bond donors (Lipinski definition) is 1. The van der Waals surface area contributed by atoms with E-state index in [9.17, 15) is 9.90 Å². The summed E-state index contributed by atoms with van der Waals surface area (Å²) < 4.78 is 5.27. The smallest absolute Gasteiger partial charge is 0.254 e. The van der Waals surface area contributed by atoms with Gasteiger partial charge in [-0.1, -0.05) is 30.3 Å². The fraction of sp³-hybridized carbons (Fsp3) is 0.208. The van der Waals surface area contributed by atoms with Crippen LogP contribution in [0.15, 0.2) is 67.0 Å². The van der Waals surface area contributed by atoms with Crippen LogP contribution in [0, 0.1) is 0 Å². The Bertz CT molecular complexity index is 1060. The van der Waals surface area contributed by atoms with Gasteiger partial charge in [-0.3, -0.25) is 4.79 Å². The maximum absolute atomic E-state index is 13.5.